The number of benzene rings is 1. The molecule has 0 radical (unpaired) electrons. The number of halogens is 1. The molecule has 1 N–H and O–H groups in total. The Labute approximate surface area is 120 Å². The van der Waals surface area contributed by atoms with Gasteiger partial charge in [0.25, 0.3) is 0 Å². The van der Waals surface area contributed by atoms with Gasteiger partial charge in [0.1, 0.15) is 12.1 Å². The van der Waals surface area contributed by atoms with Crippen molar-refractivity contribution < 1.29 is 4.39 Å². The van der Waals surface area contributed by atoms with Gasteiger partial charge in [-0.3, -0.25) is 4.68 Å². The van der Waals surface area contributed by atoms with Gasteiger partial charge in [-0.15, -0.1) is 5.10 Å². The molecule has 0 amide bonds. The summed E-state index contributed by atoms with van der Waals surface area (Å²) >= 11 is 0. The van der Waals surface area contributed by atoms with E-state index in [1.807, 2.05) is 20.0 Å². The fourth-order valence-electron chi connectivity index (χ4n) is 2.16. The molecule has 1 atom stereocenters. The number of anilines is 1. The Morgan fingerprint density at radius 3 is 2.81 bits per heavy atom. The fourth-order valence-corrected chi connectivity index (χ4v) is 2.16. The Morgan fingerprint density at radius 2 is 2.14 bits per heavy atom. The summed E-state index contributed by atoms with van der Waals surface area (Å²) < 4.78 is 17.2. The molecule has 1 unspecified atom stereocenters. The minimum Gasteiger partial charge on any atom is -0.375 e. The van der Waals surface area contributed by atoms with Crippen LogP contribution in [0, 0.1) is 5.82 Å². The molecule has 0 spiro atoms. The van der Waals surface area contributed by atoms with Crippen LogP contribution in [-0.2, 0) is 7.05 Å². The number of rotatable bonds is 4. The standard InChI is InChI=1S/C13H14FN7/c1-9(13-5-6-16-20(13)2)17-12-7-10(3-4-11(12)14)21-8-15-18-19-21/h3-9,17H,1-2H3. The van der Waals surface area contributed by atoms with Crippen molar-refractivity contribution in [1.82, 2.24) is 30.0 Å². The number of hydrogen-bond acceptors (Lipinski definition) is 5. The third-order valence-electron chi connectivity index (χ3n) is 3.24. The van der Waals surface area contributed by atoms with E-state index in [9.17, 15) is 4.39 Å². The first kappa shape index (κ1) is 13.2. The highest BCUT2D eigenvalue weighted by molar-refractivity contribution is 5.53. The molecule has 0 aliphatic heterocycles. The van der Waals surface area contributed by atoms with Crippen LogP contribution in [0.2, 0.25) is 0 Å². The third-order valence-corrected chi connectivity index (χ3v) is 3.24. The van der Waals surface area contributed by atoms with Crippen molar-refractivity contribution in [2.24, 2.45) is 7.05 Å². The van der Waals surface area contributed by atoms with Gasteiger partial charge in [0, 0.05) is 13.2 Å². The van der Waals surface area contributed by atoms with E-state index in [0.717, 1.165) is 5.69 Å². The van der Waals surface area contributed by atoms with Gasteiger partial charge in [-0.05, 0) is 41.6 Å². The molecule has 0 saturated carbocycles. The van der Waals surface area contributed by atoms with Crippen LogP contribution in [0.5, 0.6) is 0 Å². The predicted molar refractivity (Wildman–Crippen MR) is 74.4 cm³/mol. The van der Waals surface area contributed by atoms with Crippen LogP contribution in [0.25, 0.3) is 5.69 Å². The number of hydrogen-bond donors (Lipinski definition) is 1. The molecule has 0 fully saturated rings. The van der Waals surface area contributed by atoms with Gasteiger partial charge >= 0.3 is 0 Å². The summed E-state index contributed by atoms with van der Waals surface area (Å²) in [7, 11) is 1.85. The topological polar surface area (TPSA) is 73.5 Å². The molecule has 2 heterocycles. The molecular formula is C13H14FN7. The third kappa shape index (κ3) is 2.60. The highest BCUT2D eigenvalue weighted by Crippen LogP contribution is 2.23. The quantitative estimate of drug-likeness (QED) is 0.790. The van der Waals surface area contributed by atoms with E-state index in [4.69, 9.17) is 0 Å². The molecule has 21 heavy (non-hydrogen) atoms. The number of aromatic nitrogens is 6. The second kappa shape index (κ2) is 5.31. The second-order valence-electron chi connectivity index (χ2n) is 4.66. The van der Waals surface area contributed by atoms with Gasteiger partial charge < -0.3 is 5.32 Å². The molecule has 7 nitrogen and oxygen atoms in total. The Bertz CT molecular complexity index is 735. The van der Waals surface area contributed by atoms with Gasteiger partial charge in [0.05, 0.1) is 23.1 Å². The lowest BCUT2D eigenvalue weighted by molar-refractivity contribution is 0.621. The molecule has 3 rings (SSSR count). The molecule has 0 bridgehead atoms. The largest absolute Gasteiger partial charge is 0.375 e. The summed E-state index contributed by atoms with van der Waals surface area (Å²) in [4.78, 5) is 0. The molecule has 2 aromatic heterocycles. The lowest BCUT2D eigenvalue weighted by Gasteiger charge is -2.16. The molecule has 0 aliphatic carbocycles. The Kier molecular flexibility index (Phi) is 3.35. The Balaban J connectivity index is 1.88. The van der Waals surface area contributed by atoms with E-state index in [2.05, 4.69) is 25.9 Å². The average Bonchev–Trinajstić information content (AvgIpc) is 3.12. The highest BCUT2D eigenvalue weighted by atomic mass is 19.1. The van der Waals surface area contributed by atoms with Crippen LogP contribution < -0.4 is 5.32 Å². The summed E-state index contributed by atoms with van der Waals surface area (Å²) in [6.45, 7) is 1.94. The zero-order chi connectivity index (χ0) is 14.8. The monoisotopic (exact) mass is 287 g/mol. The minimum absolute atomic E-state index is 0.0869. The number of aryl methyl sites for hydroxylation is 1. The van der Waals surface area contributed by atoms with E-state index in [0.29, 0.717) is 11.4 Å². The maximum Gasteiger partial charge on any atom is 0.146 e. The first-order chi connectivity index (χ1) is 10.1. The second-order valence-corrected chi connectivity index (χ2v) is 4.66. The Morgan fingerprint density at radius 1 is 1.29 bits per heavy atom. The van der Waals surface area contributed by atoms with E-state index in [1.54, 1.807) is 23.0 Å². The van der Waals surface area contributed by atoms with E-state index >= 15 is 0 Å². The normalized spacial score (nSPS) is 12.3. The molecule has 3 aromatic rings. The van der Waals surface area contributed by atoms with Crippen molar-refractivity contribution >= 4 is 5.69 Å². The van der Waals surface area contributed by atoms with Crippen LogP contribution >= 0.6 is 0 Å². The van der Waals surface area contributed by atoms with Crippen LogP contribution in [0.1, 0.15) is 18.7 Å². The van der Waals surface area contributed by atoms with Crippen molar-refractivity contribution in [3.63, 3.8) is 0 Å². The summed E-state index contributed by atoms with van der Waals surface area (Å²) in [5.41, 5.74) is 2.03. The van der Waals surface area contributed by atoms with E-state index < -0.39 is 0 Å². The van der Waals surface area contributed by atoms with Crippen molar-refractivity contribution in [1.29, 1.82) is 0 Å². The molecule has 0 aliphatic rings. The van der Waals surface area contributed by atoms with Gasteiger partial charge in [-0.2, -0.15) is 5.10 Å². The van der Waals surface area contributed by atoms with Crippen molar-refractivity contribution in [2.75, 3.05) is 5.32 Å². The zero-order valence-corrected chi connectivity index (χ0v) is 11.6. The predicted octanol–water partition coefficient (Wildman–Crippen LogP) is 1.71. The lowest BCUT2D eigenvalue weighted by atomic mass is 10.2. The van der Waals surface area contributed by atoms with Gasteiger partial charge in [-0.1, -0.05) is 0 Å². The van der Waals surface area contributed by atoms with Gasteiger partial charge in [0.2, 0.25) is 0 Å². The minimum atomic E-state index is -0.333. The maximum atomic E-state index is 14.0. The first-order valence-electron chi connectivity index (χ1n) is 6.42. The smallest absolute Gasteiger partial charge is 0.146 e. The van der Waals surface area contributed by atoms with Gasteiger partial charge in [-0.25, -0.2) is 9.07 Å². The van der Waals surface area contributed by atoms with Crippen LogP contribution in [0.15, 0.2) is 36.8 Å². The summed E-state index contributed by atoms with van der Waals surface area (Å²) in [5.74, 6) is -0.333. The van der Waals surface area contributed by atoms with E-state index in [-0.39, 0.29) is 11.9 Å². The number of nitrogens with one attached hydrogen (secondary N) is 1. The first-order valence-corrected chi connectivity index (χ1v) is 6.42. The molecule has 8 heteroatoms. The zero-order valence-electron chi connectivity index (χ0n) is 11.6. The van der Waals surface area contributed by atoms with Gasteiger partial charge in [0.15, 0.2) is 0 Å². The SMILES string of the molecule is CC(Nc1cc(-n2cnnn2)ccc1F)c1ccnn1C. The average molecular weight is 287 g/mol. The van der Waals surface area contributed by atoms with Crippen molar-refractivity contribution in [3.8, 4) is 5.69 Å². The van der Waals surface area contributed by atoms with Crippen molar-refractivity contribution in [2.45, 2.75) is 13.0 Å². The van der Waals surface area contributed by atoms with Crippen LogP contribution in [0.3, 0.4) is 0 Å². The highest BCUT2D eigenvalue weighted by Gasteiger charge is 2.12. The van der Waals surface area contributed by atoms with Crippen molar-refractivity contribution in [3.05, 3.63) is 48.3 Å². The molecular weight excluding hydrogens is 273 g/mol. The Hall–Kier alpha value is -2.77. The van der Waals surface area contributed by atoms with E-state index in [1.165, 1.54) is 17.1 Å². The van der Waals surface area contributed by atoms with Crippen LogP contribution in [-0.4, -0.2) is 30.0 Å². The summed E-state index contributed by atoms with van der Waals surface area (Å²) in [6.07, 6.45) is 3.17. The lowest BCUT2D eigenvalue weighted by Crippen LogP contribution is -2.12. The fraction of sp³-hybridized carbons (Fsp3) is 0.231. The van der Waals surface area contributed by atoms with Crippen LogP contribution in [0.4, 0.5) is 10.1 Å². The number of tetrazole rings is 1. The molecule has 0 saturated heterocycles. The molecule has 1 aromatic carbocycles. The summed E-state index contributed by atoms with van der Waals surface area (Å²) in [5, 5.41) is 18.2. The molecule has 108 valence electrons. The maximum absolute atomic E-state index is 14.0. The summed E-state index contributed by atoms with van der Waals surface area (Å²) in [6, 6.07) is 6.47. The number of nitrogens with zero attached hydrogens (tertiary/aromatic N) is 6.